The average molecular weight is 474 g/mol. The number of hydrogen-bond donors (Lipinski definition) is 3. The van der Waals surface area contributed by atoms with E-state index in [9.17, 15) is 18.8 Å². The van der Waals surface area contributed by atoms with Gasteiger partial charge in [-0.15, -0.1) is 0 Å². The summed E-state index contributed by atoms with van der Waals surface area (Å²) in [5.41, 5.74) is 4.56. The summed E-state index contributed by atoms with van der Waals surface area (Å²) >= 11 is 0. The van der Waals surface area contributed by atoms with Gasteiger partial charge in [0, 0.05) is 48.1 Å². The molecule has 9 heteroatoms. The van der Waals surface area contributed by atoms with Crippen molar-refractivity contribution >= 4 is 35.1 Å². The topological polar surface area (TPSA) is 107 Å². The summed E-state index contributed by atoms with van der Waals surface area (Å²) in [6.07, 6.45) is 5.52. The van der Waals surface area contributed by atoms with Gasteiger partial charge in [0.25, 0.3) is 11.8 Å². The SMILES string of the molecule is Cc1[nH]c(/C=C2\C(=O)Nc3ccc(F)cc32)c(C)c1C(=O)N[C@H]1CCN(Cc2ccncc2)C1=O. The van der Waals surface area contributed by atoms with Crippen molar-refractivity contribution in [1.82, 2.24) is 20.2 Å². The molecule has 35 heavy (non-hydrogen) atoms. The molecule has 4 heterocycles. The molecule has 8 nitrogen and oxygen atoms in total. The molecule has 1 aromatic carbocycles. The number of benzene rings is 1. The number of hydrogen-bond acceptors (Lipinski definition) is 4. The van der Waals surface area contributed by atoms with Crippen LogP contribution in [0.3, 0.4) is 0 Å². The van der Waals surface area contributed by atoms with Crippen LogP contribution in [0.15, 0.2) is 42.7 Å². The molecule has 0 bridgehead atoms. The van der Waals surface area contributed by atoms with Gasteiger partial charge < -0.3 is 20.5 Å². The summed E-state index contributed by atoms with van der Waals surface area (Å²) in [5, 5.41) is 5.59. The molecule has 0 aliphatic carbocycles. The molecule has 5 rings (SSSR count). The number of amides is 3. The van der Waals surface area contributed by atoms with Crippen molar-refractivity contribution in [3.8, 4) is 0 Å². The number of aromatic nitrogens is 2. The van der Waals surface area contributed by atoms with Crippen molar-refractivity contribution in [1.29, 1.82) is 0 Å². The molecule has 2 aromatic heterocycles. The number of rotatable bonds is 5. The van der Waals surface area contributed by atoms with Crippen LogP contribution in [0.1, 0.15) is 44.9 Å². The molecule has 1 fully saturated rings. The van der Waals surface area contributed by atoms with Gasteiger partial charge in [0.2, 0.25) is 5.91 Å². The lowest BCUT2D eigenvalue weighted by atomic mass is 10.0. The van der Waals surface area contributed by atoms with E-state index in [1.165, 1.54) is 18.2 Å². The normalized spacial score (nSPS) is 18.2. The second-order valence-electron chi connectivity index (χ2n) is 8.80. The maximum Gasteiger partial charge on any atom is 0.256 e. The highest BCUT2D eigenvalue weighted by Crippen LogP contribution is 2.34. The predicted octanol–water partition coefficient (Wildman–Crippen LogP) is 3.19. The van der Waals surface area contributed by atoms with Crippen LogP contribution in [0.5, 0.6) is 0 Å². The van der Waals surface area contributed by atoms with Gasteiger partial charge in [0.15, 0.2) is 0 Å². The first-order chi connectivity index (χ1) is 16.8. The number of pyridine rings is 1. The van der Waals surface area contributed by atoms with Gasteiger partial charge in [0.05, 0.1) is 11.1 Å². The lowest BCUT2D eigenvalue weighted by molar-refractivity contribution is -0.129. The smallest absolute Gasteiger partial charge is 0.256 e. The summed E-state index contributed by atoms with van der Waals surface area (Å²) in [7, 11) is 0. The van der Waals surface area contributed by atoms with Crippen LogP contribution < -0.4 is 10.6 Å². The Morgan fingerprint density at radius 2 is 2.00 bits per heavy atom. The first kappa shape index (κ1) is 22.5. The van der Waals surface area contributed by atoms with Gasteiger partial charge in [-0.3, -0.25) is 19.4 Å². The predicted molar refractivity (Wildman–Crippen MR) is 129 cm³/mol. The lowest BCUT2D eigenvalue weighted by Crippen LogP contribution is -2.41. The van der Waals surface area contributed by atoms with Crippen LogP contribution in [-0.4, -0.2) is 45.2 Å². The molecule has 2 aliphatic rings. The zero-order valence-electron chi connectivity index (χ0n) is 19.3. The number of likely N-dealkylation sites (tertiary alicyclic amines) is 1. The highest BCUT2D eigenvalue weighted by Gasteiger charge is 2.34. The highest BCUT2D eigenvalue weighted by molar-refractivity contribution is 6.34. The first-order valence-corrected chi connectivity index (χ1v) is 11.3. The molecule has 2 aliphatic heterocycles. The number of H-pyrrole nitrogens is 1. The van der Waals surface area contributed by atoms with E-state index in [0.717, 1.165) is 5.56 Å². The fraction of sp³-hybridized carbons (Fsp3) is 0.231. The number of aryl methyl sites for hydroxylation is 1. The minimum absolute atomic E-state index is 0.121. The molecular formula is C26H24FN5O3. The van der Waals surface area contributed by atoms with Gasteiger partial charge in [0.1, 0.15) is 11.9 Å². The van der Waals surface area contributed by atoms with Crippen molar-refractivity contribution in [3.63, 3.8) is 0 Å². The number of carbonyl (C=O) groups excluding carboxylic acids is 3. The third kappa shape index (κ3) is 4.21. The van der Waals surface area contributed by atoms with Crippen molar-refractivity contribution in [2.75, 3.05) is 11.9 Å². The molecule has 3 aromatic rings. The van der Waals surface area contributed by atoms with Gasteiger partial charge in [-0.05, 0) is 67.8 Å². The number of carbonyl (C=O) groups is 3. The number of aromatic amines is 1. The van der Waals surface area contributed by atoms with E-state index < -0.39 is 11.9 Å². The molecule has 0 spiro atoms. The Bertz CT molecular complexity index is 1380. The zero-order chi connectivity index (χ0) is 24.7. The van der Waals surface area contributed by atoms with Gasteiger partial charge in [-0.1, -0.05) is 0 Å². The van der Waals surface area contributed by atoms with E-state index in [2.05, 4.69) is 20.6 Å². The Labute approximate surface area is 201 Å². The second-order valence-corrected chi connectivity index (χ2v) is 8.80. The van der Waals surface area contributed by atoms with Crippen molar-refractivity contribution in [3.05, 3.63) is 82.2 Å². The molecule has 1 saturated heterocycles. The first-order valence-electron chi connectivity index (χ1n) is 11.3. The number of nitrogens with zero attached hydrogens (tertiary/aromatic N) is 2. The molecule has 3 N–H and O–H groups in total. The largest absolute Gasteiger partial charge is 0.358 e. The van der Waals surface area contributed by atoms with Crippen LogP contribution >= 0.6 is 0 Å². The lowest BCUT2D eigenvalue weighted by Gasteiger charge is -2.17. The summed E-state index contributed by atoms with van der Waals surface area (Å²) < 4.78 is 13.8. The third-order valence-corrected chi connectivity index (χ3v) is 6.48. The van der Waals surface area contributed by atoms with Crippen LogP contribution in [0.25, 0.3) is 11.6 Å². The minimum atomic E-state index is -0.602. The Morgan fingerprint density at radius 1 is 1.23 bits per heavy atom. The molecule has 1 atom stereocenters. The van der Waals surface area contributed by atoms with Crippen LogP contribution in [-0.2, 0) is 16.1 Å². The monoisotopic (exact) mass is 473 g/mol. The summed E-state index contributed by atoms with van der Waals surface area (Å²) in [4.78, 5) is 47.4. The van der Waals surface area contributed by atoms with Crippen LogP contribution in [0, 0.1) is 19.7 Å². The third-order valence-electron chi connectivity index (χ3n) is 6.48. The molecular weight excluding hydrogens is 449 g/mol. The van der Waals surface area contributed by atoms with Crippen molar-refractivity contribution < 1.29 is 18.8 Å². The number of anilines is 1. The van der Waals surface area contributed by atoms with E-state index in [1.54, 1.807) is 37.2 Å². The van der Waals surface area contributed by atoms with Gasteiger partial charge in [-0.25, -0.2) is 4.39 Å². The molecule has 0 unspecified atom stereocenters. The second kappa shape index (κ2) is 8.83. The zero-order valence-corrected chi connectivity index (χ0v) is 19.3. The minimum Gasteiger partial charge on any atom is -0.358 e. The Morgan fingerprint density at radius 3 is 2.77 bits per heavy atom. The van der Waals surface area contributed by atoms with E-state index in [0.29, 0.717) is 58.8 Å². The number of fused-ring (bicyclic) bond motifs is 1. The fourth-order valence-electron chi connectivity index (χ4n) is 4.68. The standard InChI is InChI=1S/C26H24FN5O3/c1-14-22(12-19-18-11-17(27)3-4-20(18)30-24(19)33)29-15(2)23(14)25(34)31-21-7-10-32(26(21)35)13-16-5-8-28-9-6-16/h3-6,8-9,11-12,21,29H,7,10,13H2,1-2H3,(H,30,33)(H,31,34)/b19-12-/t21-/m0/s1. The Hall–Kier alpha value is -4.27. The summed E-state index contributed by atoms with van der Waals surface area (Å²) in [5.74, 6) is -1.25. The molecule has 0 radical (unpaired) electrons. The molecule has 0 saturated carbocycles. The van der Waals surface area contributed by atoms with Crippen molar-refractivity contribution in [2.45, 2.75) is 32.9 Å². The quantitative estimate of drug-likeness (QED) is 0.495. The van der Waals surface area contributed by atoms with Crippen LogP contribution in [0.4, 0.5) is 10.1 Å². The van der Waals surface area contributed by atoms with Gasteiger partial charge >= 0.3 is 0 Å². The van der Waals surface area contributed by atoms with E-state index >= 15 is 0 Å². The number of halogens is 1. The number of nitrogens with one attached hydrogen (secondary N) is 3. The summed E-state index contributed by atoms with van der Waals surface area (Å²) in [6, 6.07) is 7.23. The maximum atomic E-state index is 13.8. The average Bonchev–Trinajstić information content (AvgIpc) is 3.43. The van der Waals surface area contributed by atoms with E-state index in [-0.39, 0.29) is 17.7 Å². The van der Waals surface area contributed by atoms with Crippen LogP contribution in [0.2, 0.25) is 0 Å². The Kier molecular flexibility index (Phi) is 5.68. The molecule has 3 amide bonds. The molecule has 178 valence electrons. The maximum absolute atomic E-state index is 13.8. The van der Waals surface area contributed by atoms with Gasteiger partial charge in [-0.2, -0.15) is 0 Å². The van der Waals surface area contributed by atoms with Crippen molar-refractivity contribution in [2.24, 2.45) is 0 Å². The van der Waals surface area contributed by atoms with E-state index in [1.807, 2.05) is 12.1 Å². The highest BCUT2D eigenvalue weighted by atomic mass is 19.1. The van der Waals surface area contributed by atoms with E-state index in [4.69, 9.17) is 0 Å². The summed E-state index contributed by atoms with van der Waals surface area (Å²) in [6.45, 7) is 4.56. The fourth-order valence-corrected chi connectivity index (χ4v) is 4.68. The Balaban J connectivity index is 1.34.